The maximum Gasteiger partial charge on any atom is 0.338 e. The Morgan fingerprint density at radius 2 is 1.91 bits per heavy atom. The van der Waals surface area contributed by atoms with E-state index in [0.717, 1.165) is 5.56 Å². The summed E-state index contributed by atoms with van der Waals surface area (Å²) in [6.07, 6.45) is 0.523. The van der Waals surface area contributed by atoms with Crippen LogP contribution in [0.1, 0.15) is 21.5 Å². The lowest BCUT2D eigenvalue weighted by Gasteiger charge is -2.06. The molecular weight excluding hydrogens is 350 g/mol. The van der Waals surface area contributed by atoms with Crippen molar-refractivity contribution in [1.29, 1.82) is 0 Å². The summed E-state index contributed by atoms with van der Waals surface area (Å²) in [7, 11) is 0. The number of hydrogen-bond acceptors (Lipinski definition) is 4. The summed E-state index contributed by atoms with van der Waals surface area (Å²) in [4.78, 5) is 22.6. The molecule has 0 fully saturated rings. The molecule has 0 N–H and O–H groups in total. The number of nitro groups is 1. The molecule has 22 heavy (non-hydrogen) atoms. The highest BCUT2D eigenvalue weighted by Crippen LogP contribution is 2.22. The van der Waals surface area contributed by atoms with E-state index in [-0.39, 0.29) is 17.9 Å². The number of esters is 1. The van der Waals surface area contributed by atoms with Gasteiger partial charge in [-0.1, -0.05) is 52.3 Å². The van der Waals surface area contributed by atoms with Crippen LogP contribution in [0, 0.1) is 10.1 Å². The Kier molecular flexibility index (Phi) is 5.66. The predicted octanol–water partition coefficient (Wildman–Crippen LogP) is 3.89. The lowest BCUT2D eigenvalue weighted by atomic mass is 10.1. The topological polar surface area (TPSA) is 69.4 Å². The fourth-order valence-electron chi connectivity index (χ4n) is 1.98. The van der Waals surface area contributed by atoms with Gasteiger partial charge in [-0.05, 0) is 18.1 Å². The Bertz CT molecular complexity index is 673. The Balaban J connectivity index is 2.12. The molecule has 6 heteroatoms. The molecule has 2 aromatic carbocycles. The molecule has 0 amide bonds. The molecule has 0 atom stereocenters. The van der Waals surface area contributed by atoms with Crippen LogP contribution in [0.4, 0.5) is 5.69 Å². The van der Waals surface area contributed by atoms with Crippen molar-refractivity contribution in [2.45, 2.75) is 13.0 Å². The van der Waals surface area contributed by atoms with Crippen molar-refractivity contribution in [3.63, 3.8) is 0 Å². The van der Waals surface area contributed by atoms with Crippen molar-refractivity contribution in [2.75, 3.05) is 5.33 Å². The van der Waals surface area contributed by atoms with E-state index in [1.165, 1.54) is 6.07 Å². The number of carbonyl (C=O) groups is 1. The molecule has 0 saturated heterocycles. The number of alkyl halides is 1. The standard InChI is InChI=1S/C16H14BrNO4/c17-9-8-13-6-7-14(10-15(13)18(20)21)16(19)22-11-12-4-2-1-3-5-12/h1-7,10H,8-9,11H2. The second-order valence-electron chi connectivity index (χ2n) is 4.60. The van der Waals surface area contributed by atoms with Crippen molar-refractivity contribution in [1.82, 2.24) is 0 Å². The van der Waals surface area contributed by atoms with Crippen LogP contribution in [0.25, 0.3) is 0 Å². The largest absolute Gasteiger partial charge is 0.457 e. The molecule has 0 spiro atoms. The van der Waals surface area contributed by atoms with Gasteiger partial charge in [0.15, 0.2) is 0 Å². The van der Waals surface area contributed by atoms with Gasteiger partial charge in [-0.15, -0.1) is 0 Å². The van der Waals surface area contributed by atoms with E-state index >= 15 is 0 Å². The summed E-state index contributed by atoms with van der Waals surface area (Å²) in [5.74, 6) is -0.572. The highest BCUT2D eigenvalue weighted by Gasteiger charge is 2.17. The molecule has 0 aromatic heterocycles. The molecule has 5 nitrogen and oxygen atoms in total. The molecule has 0 aliphatic heterocycles. The fraction of sp³-hybridized carbons (Fsp3) is 0.188. The van der Waals surface area contributed by atoms with Gasteiger partial charge in [-0.25, -0.2) is 4.79 Å². The van der Waals surface area contributed by atoms with Crippen LogP contribution >= 0.6 is 15.9 Å². The van der Waals surface area contributed by atoms with E-state index in [4.69, 9.17) is 4.74 Å². The molecule has 2 aromatic rings. The minimum Gasteiger partial charge on any atom is -0.457 e. The van der Waals surface area contributed by atoms with Gasteiger partial charge >= 0.3 is 5.97 Å². The van der Waals surface area contributed by atoms with Gasteiger partial charge in [0, 0.05) is 17.0 Å². The molecule has 0 radical (unpaired) electrons. The predicted molar refractivity (Wildman–Crippen MR) is 86.2 cm³/mol. The number of hydrogen-bond donors (Lipinski definition) is 0. The number of nitrogens with zero attached hydrogens (tertiary/aromatic N) is 1. The van der Waals surface area contributed by atoms with Gasteiger partial charge < -0.3 is 4.74 Å². The highest BCUT2D eigenvalue weighted by atomic mass is 79.9. The van der Waals surface area contributed by atoms with Crippen LogP contribution in [-0.2, 0) is 17.8 Å². The van der Waals surface area contributed by atoms with E-state index in [0.29, 0.717) is 17.3 Å². The van der Waals surface area contributed by atoms with Crippen LogP contribution in [0.5, 0.6) is 0 Å². The number of aryl methyl sites for hydroxylation is 1. The Morgan fingerprint density at radius 1 is 1.18 bits per heavy atom. The molecule has 114 valence electrons. The number of nitro benzene ring substituents is 1. The quantitative estimate of drug-likeness (QED) is 0.338. The zero-order valence-electron chi connectivity index (χ0n) is 11.7. The molecular formula is C16H14BrNO4. The van der Waals surface area contributed by atoms with Gasteiger partial charge in [0.1, 0.15) is 6.61 Å². The van der Waals surface area contributed by atoms with Crippen molar-refractivity contribution in [3.05, 3.63) is 75.3 Å². The summed E-state index contributed by atoms with van der Waals surface area (Å²) in [5.41, 5.74) is 1.57. The third-order valence-corrected chi connectivity index (χ3v) is 3.49. The molecule has 0 aliphatic carbocycles. The molecule has 2 rings (SSSR count). The third kappa shape index (κ3) is 4.14. The van der Waals surface area contributed by atoms with Gasteiger partial charge in [0.2, 0.25) is 0 Å². The summed E-state index contributed by atoms with van der Waals surface area (Å²) >= 11 is 3.25. The fourth-order valence-corrected chi connectivity index (χ4v) is 2.41. The first-order valence-electron chi connectivity index (χ1n) is 6.66. The summed E-state index contributed by atoms with van der Waals surface area (Å²) in [5, 5.41) is 11.7. The Labute approximate surface area is 136 Å². The first-order valence-corrected chi connectivity index (χ1v) is 7.78. The number of carbonyl (C=O) groups excluding carboxylic acids is 1. The second kappa shape index (κ2) is 7.70. The Hall–Kier alpha value is -2.21. The van der Waals surface area contributed by atoms with Crippen LogP contribution in [0.15, 0.2) is 48.5 Å². The minimum atomic E-state index is -0.572. The number of ether oxygens (including phenoxy) is 1. The summed E-state index contributed by atoms with van der Waals surface area (Å²) in [6, 6.07) is 13.7. The van der Waals surface area contributed by atoms with E-state index in [2.05, 4.69) is 15.9 Å². The van der Waals surface area contributed by atoms with Crippen molar-refractivity contribution >= 4 is 27.6 Å². The molecule has 0 saturated carbocycles. The van der Waals surface area contributed by atoms with Crippen LogP contribution < -0.4 is 0 Å². The zero-order chi connectivity index (χ0) is 15.9. The van der Waals surface area contributed by atoms with Crippen molar-refractivity contribution < 1.29 is 14.5 Å². The highest BCUT2D eigenvalue weighted by molar-refractivity contribution is 9.09. The van der Waals surface area contributed by atoms with E-state index in [1.807, 2.05) is 30.3 Å². The average molecular weight is 364 g/mol. The van der Waals surface area contributed by atoms with Crippen LogP contribution in [-0.4, -0.2) is 16.2 Å². The maximum absolute atomic E-state index is 12.0. The first-order chi connectivity index (χ1) is 10.6. The Morgan fingerprint density at radius 3 is 2.55 bits per heavy atom. The third-order valence-electron chi connectivity index (χ3n) is 3.09. The number of halogens is 1. The molecule has 0 aliphatic rings. The maximum atomic E-state index is 12.0. The molecule has 0 heterocycles. The monoisotopic (exact) mass is 363 g/mol. The molecule has 0 unspecified atom stereocenters. The van der Waals surface area contributed by atoms with Crippen molar-refractivity contribution in [3.8, 4) is 0 Å². The normalized spacial score (nSPS) is 10.2. The lowest BCUT2D eigenvalue weighted by molar-refractivity contribution is -0.385. The summed E-state index contributed by atoms with van der Waals surface area (Å²) < 4.78 is 5.18. The average Bonchev–Trinajstić information content (AvgIpc) is 2.54. The van der Waals surface area contributed by atoms with Crippen LogP contribution in [0.2, 0.25) is 0 Å². The smallest absolute Gasteiger partial charge is 0.338 e. The van der Waals surface area contributed by atoms with E-state index in [1.54, 1.807) is 12.1 Å². The van der Waals surface area contributed by atoms with Gasteiger partial charge in [-0.3, -0.25) is 10.1 Å². The van der Waals surface area contributed by atoms with Gasteiger partial charge in [0.05, 0.1) is 10.5 Å². The van der Waals surface area contributed by atoms with Crippen molar-refractivity contribution in [2.24, 2.45) is 0 Å². The first kappa shape index (κ1) is 16.2. The molecule has 0 bridgehead atoms. The lowest BCUT2D eigenvalue weighted by Crippen LogP contribution is -2.07. The second-order valence-corrected chi connectivity index (χ2v) is 5.39. The SMILES string of the molecule is O=C(OCc1ccccc1)c1ccc(CCBr)c([N+](=O)[O-])c1. The number of benzene rings is 2. The van der Waals surface area contributed by atoms with E-state index in [9.17, 15) is 14.9 Å². The van der Waals surface area contributed by atoms with Gasteiger partial charge in [0.25, 0.3) is 5.69 Å². The van der Waals surface area contributed by atoms with Gasteiger partial charge in [-0.2, -0.15) is 0 Å². The van der Waals surface area contributed by atoms with E-state index < -0.39 is 10.9 Å². The number of rotatable bonds is 6. The zero-order valence-corrected chi connectivity index (χ0v) is 13.3. The van der Waals surface area contributed by atoms with Crippen LogP contribution in [0.3, 0.4) is 0 Å². The minimum absolute atomic E-state index is 0.0615. The summed E-state index contributed by atoms with van der Waals surface area (Å²) in [6.45, 7) is 0.136.